The summed E-state index contributed by atoms with van der Waals surface area (Å²) in [7, 11) is -3.41. The summed E-state index contributed by atoms with van der Waals surface area (Å²) >= 11 is 0. The number of phenolic OH excluding ortho intramolecular Hbond substituents is 2. The summed E-state index contributed by atoms with van der Waals surface area (Å²) in [4.78, 5) is 36.8. The monoisotopic (exact) mass is 427 g/mol. The minimum Gasteiger partial charge on any atom is -0.504 e. The van der Waals surface area contributed by atoms with E-state index < -0.39 is 56.8 Å². The van der Waals surface area contributed by atoms with E-state index in [-0.39, 0.29) is 17.5 Å². The Bertz CT molecular complexity index is 966. The Morgan fingerprint density at radius 3 is 2.48 bits per heavy atom. The molecule has 2 amide bonds. The Hall–Kier alpha value is -3.15. The maximum absolute atomic E-state index is 12.2. The van der Waals surface area contributed by atoms with Crippen LogP contribution in [0.1, 0.15) is 36.2 Å². The highest BCUT2D eigenvalue weighted by atomic mass is 32.2. The number of rotatable bonds is 7. The van der Waals surface area contributed by atoms with Gasteiger partial charge in [-0.25, -0.2) is 18.6 Å². The molecule has 1 fully saturated rings. The van der Waals surface area contributed by atoms with Crippen LogP contribution in [0, 0.1) is 6.92 Å². The average Bonchev–Trinajstić information content (AvgIpc) is 2.63. The highest BCUT2D eigenvalue weighted by molar-refractivity contribution is 7.75. The highest BCUT2D eigenvalue weighted by Crippen LogP contribution is 2.31. The number of β-lactam (4-membered cyclic amide) rings is 1. The molecule has 1 aromatic carbocycles. The Balaban J connectivity index is 2.31. The number of hydrogen-bond donors (Lipinski definition) is 5. The third kappa shape index (κ3) is 4.01. The number of nitrogens with zero attached hydrogens (tertiary/aromatic N) is 2. The summed E-state index contributed by atoms with van der Waals surface area (Å²) in [6.45, 7) is 4.06. The lowest BCUT2D eigenvalue weighted by Crippen LogP contribution is -2.66. The molecule has 0 unspecified atom stereocenters. The number of amides is 2. The van der Waals surface area contributed by atoms with E-state index in [9.17, 15) is 38.1 Å². The molecule has 158 valence electrons. The molecule has 11 nitrogen and oxygen atoms in total. The first-order valence-electron chi connectivity index (χ1n) is 8.46. The summed E-state index contributed by atoms with van der Waals surface area (Å²) in [6.07, 6.45) is 0.857. The molecular formula is C17H21N3O8S. The van der Waals surface area contributed by atoms with Crippen LogP contribution < -0.4 is 5.43 Å². The number of aliphatic carboxylic acids is 1. The van der Waals surface area contributed by atoms with Crippen molar-refractivity contribution in [2.24, 2.45) is 5.10 Å². The van der Waals surface area contributed by atoms with E-state index in [0.717, 1.165) is 24.1 Å². The topological polar surface area (TPSA) is 174 Å². The number of carboxylic acids is 1. The third-order valence-electron chi connectivity index (χ3n) is 4.84. The Labute approximate surface area is 167 Å². The van der Waals surface area contributed by atoms with Gasteiger partial charge in [0.15, 0.2) is 28.2 Å². The number of hydrazone groups is 1. The lowest BCUT2D eigenvalue weighted by atomic mass is 9.92. The van der Waals surface area contributed by atoms with Crippen molar-refractivity contribution >= 4 is 34.7 Å². The first-order valence-corrected chi connectivity index (χ1v) is 9.64. The molecule has 0 spiro atoms. The van der Waals surface area contributed by atoms with Gasteiger partial charge in [-0.1, -0.05) is 0 Å². The van der Waals surface area contributed by atoms with Crippen LogP contribution in [0.2, 0.25) is 0 Å². The van der Waals surface area contributed by atoms with Crippen LogP contribution in [-0.4, -0.2) is 69.5 Å². The van der Waals surface area contributed by atoms with Crippen molar-refractivity contribution in [2.75, 3.05) is 0 Å². The average molecular weight is 427 g/mol. The fraction of sp³-hybridized carbons (Fsp3) is 0.412. The molecule has 1 aliphatic heterocycles. The lowest BCUT2D eigenvalue weighted by Gasteiger charge is -2.45. The first kappa shape index (κ1) is 22.1. The Morgan fingerprint density at radius 2 is 2.00 bits per heavy atom. The number of carboxylic acid groups (broad SMARTS) is 1. The van der Waals surface area contributed by atoms with Gasteiger partial charge in [-0.2, -0.15) is 5.10 Å². The number of thiol groups is 1. The largest absolute Gasteiger partial charge is 0.504 e. The number of phenols is 2. The van der Waals surface area contributed by atoms with Gasteiger partial charge < -0.3 is 20.2 Å². The first-order chi connectivity index (χ1) is 13.4. The molecule has 0 saturated carbocycles. The zero-order chi connectivity index (χ0) is 22.1. The minimum atomic E-state index is -3.41. The second-order valence-corrected chi connectivity index (χ2v) is 8.36. The Kier molecular flexibility index (Phi) is 6.16. The van der Waals surface area contributed by atoms with Crippen molar-refractivity contribution in [1.82, 2.24) is 10.3 Å². The van der Waals surface area contributed by atoms with Crippen molar-refractivity contribution in [3.05, 3.63) is 23.3 Å². The van der Waals surface area contributed by atoms with E-state index in [1.165, 1.54) is 13.0 Å². The third-order valence-corrected chi connectivity index (χ3v) is 5.99. The number of likely N-dealkylation sites (tertiary alicyclic amines) is 1. The molecule has 1 heterocycles. The van der Waals surface area contributed by atoms with Crippen molar-refractivity contribution in [2.45, 2.75) is 44.0 Å². The molecule has 29 heavy (non-hydrogen) atoms. The molecular weight excluding hydrogens is 406 g/mol. The van der Waals surface area contributed by atoms with Crippen LogP contribution in [0.25, 0.3) is 0 Å². The lowest BCUT2D eigenvalue weighted by molar-refractivity contribution is -0.161. The van der Waals surface area contributed by atoms with Gasteiger partial charge >= 0.3 is 5.97 Å². The van der Waals surface area contributed by atoms with Crippen LogP contribution in [0.15, 0.2) is 17.2 Å². The fourth-order valence-corrected chi connectivity index (χ4v) is 3.66. The number of carbonyl (C=O) groups is 3. The van der Waals surface area contributed by atoms with Crippen molar-refractivity contribution < 1.29 is 38.1 Å². The van der Waals surface area contributed by atoms with Gasteiger partial charge in [0.2, 0.25) is 5.91 Å². The van der Waals surface area contributed by atoms with Crippen LogP contribution in [-0.2, 0) is 20.3 Å². The van der Waals surface area contributed by atoms with Crippen LogP contribution in [0.3, 0.4) is 0 Å². The van der Waals surface area contributed by atoms with E-state index in [4.69, 9.17) is 0 Å². The summed E-state index contributed by atoms with van der Waals surface area (Å²) < 4.78 is 21.7. The van der Waals surface area contributed by atoms with E-state index in [2.05, 4.69) is 10.5 Å². The predicted octanol–water partition coefficient (Wildman–Crippen LogP) is -0.434. The summed E-state index contributed by atoms with van der Waals surface area (Å²) in [5.41, 5.74) is 2.10. The molecule has 4 N–H and O–H groups in total. The SMILES string of the molecule is Cc1c(C(=O)N/N=C/[C@@](C)([C@H](C(=O)O)N2C(=O)C[C@H]2C)[SH](=O)=O)ccc(O)c1O. The van der Waals surface area contributed by atoms with Gasteiger partial charge in [0.05, 0.1) is 0 Å². The second kappa shape index (κ2) is 8.07. The smallest absolute Gasteiger partial charge is 0.328 e. The van der Waals surface area contributed by atoms with E-state index in [0.29, 0.717) is 0 Å². The summed E-state index contributed by atoms with van der Waals surface area (Å²) in [6, 6.07) is 0.142. The molecule has 0 aliphatic carbocycles. The fourth-order valence-electron chi connectivity index (χ4n) is 3.07. The van der Waals surface area contributed by atoms with Gasteiger partial charge in [-0.05, 0) is 32.9 Å². The van der Waals surface area contributed by atoms with E-state index >= 15 is 0 Å². The Morgan fingerprint density at radius 1 is 1.38 bits per heavy atom. The maximum Gasteiger partial charge on any atom is 0.328 e. The molecule has 12 heteroatoms. The van der Waals surface area contributed by atoms with Crippen LogP contribution >= 0.6 is 0 Å². The maximum atomic E-state index is 12.2. The number of carbonyl (C=O) groups excluding carboxylic acids is 2. The van der Waals surface area contributed by atoms with Gasteiger partial charge in [-0.3, -0.25) is 9.59 Å². The minimum absolute atomic E-state index is 0.0352. The normalized spacial score (nSPS) is 19.7. The van der Waals surface area contributed by atoms with Gasteiger partial charge in [-0.15, -0.1) is 0 Å². The second-order valence-electron chi connectivity index (χ2n) is 6.88. The van der Waals surface area contributed by atoms with Crippen molar-refractivity contribution in [3.63, 3.8) is 0 Å². The summed E-state index contributed by atoms with van der Waals surface area (Å²) in [5.74, 6) is -3.76. The molecule has 0 radical (unpaired) electrons. The van der Waals surface area contributed by atoms with Crippen molar-refractivity contribution in [3.8, 4) is 11.5 Å². The predicted molar refractivity (Wildman–Crippen MR) is 102 cm³/mol. The van der Waals surface area contributed by atoms with Gasteiger partial charge in [0.25, 0.3) is 5.91 Å². The van der Waals surface area contributed by atoms with Gasteiger partial charge in [0.1, 0.15) is 4.75 Å². The molecule has 1 saturated heterocycles. The number of aromatic hydroxyl groups is 2. The van der Waals surface area contributed by atoms with Crippen LogP contribution in [0.5, 0.6) is 11.5 Å². The highest BCUT2D eigenvalue weighted by Gasteiger charge is 2.52. The number of hydrogen-bond acceptors (Lipinski definition) is 8. The van der Waals surface area contributed by atoms with Gasteiger partial charge in [0, 0.05) is 29.8 Å². The molecule has 0 aromatic heterocycles. The molecule has 2 rings (SSSR count). The zero-order valence-electron chi connectivity index (χ0n) is 15.8. The zero-order valence-corrected chi connectivity index (χ0v) is 16.7. The van der Waals surface area contributed by atoms with Crippen LogP contribution in [0.4, 0.5) is 0 Å². The summed E-state index contributed by atoms with van der Waals surface area (Å²) in [5, 5.41) is 32.2. The van der Waals surface area contributed by atoms with E-state index in [1.54, 1.807) is 6.92 Å². The molecule has 3 atom stereocenters. The number of nitrogens with one attached hydrogen (secondary N) is 1. The quantitative estimate of drug-likeness (QED) is 0.128. The molecule has 1 aliphatic rings. The molecule has 0 bridgehead atoms. The van der Waals surface area contributed by atoms with E-state index in [1.807, 2.05) is 0 Å². The number of benzene rings is 1. The standard InChI is InChI=1S/C17H21N3O8S/c1-8-6-12(22)20(8)14(16(25)26)17(3,29(27)28)7-18-19-15(24)10-4-5-11(21)13(23)9(10)2/h4-5,7-8,14,21,23,29H,6H2,1-3H3,(H,19,24)(H,25,26)/b18-7+/t8-,14+,17+/m1/s1. The molecule has 1 aromatic rings. The van der Waals surface area contributed by atoms with Crippen molar-refractivity contribution in [1.29, 1.82) is 0 Å².